The van der Waals surface area contributed by atoms with Crippen molar-refractivity contribution in [3.05, 3.63) is 65.4 Å². The molecule has 2 amide bonds. The number of H-pyrrole nitrogens is 1. The summed E-state index contributed by atoms with van der Waals surface area (Å²) in [5.74, 6) is -2.87. The van der Waals surface area contributed by atoms with E-state index in [0.717, 1.165) is 30.1 Å². The van der Waals surface area contributed by atoms with Gasteiger partial charge in [-0.1, -0.05) is 18.2 Å². The fourth-order valence-electron chi connectivity index (χ4n) is 4.27. The number of anilines is 1. The van der Waals surface area contributed by atoms with Gasteiger partial charge in [0.2, 0.25) is 0 Å². The Kier molecular flexibility index (Phi) is 4.59. The number of rotatable bonds is 3. The van der Waals surface area contributed by atoms with Gasteiger partial charge in [-0.3, -0.25) is 14.9 Å². The molecule has 158 valence electrons. The predicted octanol–water partition coefficient (Wildman–Crippen LogP) is 2.77. The van der Waals surface area contributed by atoms with Crippen LogP contribution in [0.4, 0.5) is 14.5 Å². The monoisotopic (exact) mass is 422 g/mol. The van der Waals surface area contributed by atoms with E-state index >= 15 is 0 Å². The summed E-state index contributed by atoms with van der Waals surface area (Å²) in [6.07, 6.45) is 1.63. The number of aromatic nitrogens is 1. The van der Waals surface area contributed by atoms with Crippen LogP contribution < -0.4 is 10.2 Å². The molecule has 0 atom stereocenters. The topological polar surface area (TPSA) is 68.4 Å². The molecule has 8 heteroatoms. The molecule has 2 aliphatic heterocycles. The fourth-order valence-corrected chi connectivity index (χ4v) is 4.27. The first-order valence-corrected chi connectivity index (χ1v) is 10.0. The number of nitrogens with one attached hydrogen (secondary N) is 2. The number of imide groups is 1. The number of hydrogen-bond donors (Lipinski definition) is 2. The van der Waals surface area contributed by atoms with E-state index < -0.39 is 23.4 Å². The standard InChI is InChI=1S/C23H20F2N4O2/c1-28-6-8-29(9-7-28)19-10-14(16(24)11-17(19)25)20-21(23(31)27-22(20)30)15-12-26-18-5-3-2-4-13(15)18/h2-5,10-12,26H,6-9H2,1H3,(H,27,30,31). The second-order valence-corrected chi connectivity index (χ2v) is 7.85. The molecule has 0 saturated carbocycles. The minimum atomic E-state index is -0.882. The van der Waals surface area contributed by atoms with Crippen molar-refractivity contribution < 1.29 is 18.4 Å². The maximum atomic E-state index is 14.9. The van der Waals surface area contributed by atoms with Crippen molar-refractivity contribution in [2.45, 2.75) is 0 Å². The SMILES string of the molecule is CN1CCN(c2cc(C3=C(c4c[nH]c5ccccc45)C(=O)NC3=O)c(F)cc2F)CC1. The van der Waals surface area contributed by atoms with Gasteiger partial charge < -0.3 is 14.8 Å². The van der Waals surface area contributed by atoms with Crippen LogP contribution in [0.3, 0.4) is 0 Å². The van der Waals surface area contributed by atoms with Crippen LogP contribution in [-0.4, -0.2) is 54.9 Å². The fraction of sp³-hybridized carbons (Fsp3) is 0.217. The summed E-state index contributed by atoms with van der Waals surface area (Å²) >= 11 is 0. The van der Waals surface area contributed by atoms with E-state index in [2.05, 4.69) is 15.2 Å². The zero-order valence-corrected chi connectivity index (χ0v) is 16.8. The van der Waals surface area contributed by atoms with E-state index in [1.165, 1.54) is 6.07 Å². The summed E-state index contributed by atoms with van der Waals surface area (Å²) in [6.45, 7) is 2.65. The van der Waals surface area contributed by atoms with Gasteiger partial charge in [0, 0.05) is 60.5 Å². The van der Waals surface area contributed by atoms with E-state index in [-0.39, 0.29) is 22.4 Å². The molecule has 0 spiro atoms. The van der Waals surface area contributed by atoms with E-state index in [4.69, 9.17) is 0 Å². The molecular formula is C23H20F2N4O2. The molecule has 2 aliphatic rings. The lowest BCUT2D eigenvalue weighted by atomic mass is 9.95. The number of fused-ring (bicyclic) bond motifs is 1. The van der Waals surface area contributed by atoms with Gasteiger partial charge in [-0.05, 0) is 19.2 Å². The van der Waals surface area contributed by atoms with Gasteiger partial charge in [0.05, 0.1) is 16.8 Å². The average Bonchev–Trinajstić information content (AvgIpc) is 3.29. The first-order chi connectivity index (χ1) is 14.9. The number of amides is 2. The Balaban J connectivity index is 1.69. The van der Waals surface area contributed by atoms with Gasteiger partial charge in [-0.25, -0.2) is 8.78 Å². The molecule has 3 heterocycles. The van der Waals surface area contributed by atoms with Crippen molar-refractivity contribution in [1.82, 2.24) is 15.2 Å². The van der Waals surface area contributed by atoms with Crippen LogP contribution in [0.25, 0.3) is 22.0 Å². The number of para-hydroxylation sites is 1. The Hall–Kier alpha value is -3.52. The number of likely N-dealkylation sites (N-methyl/N-ethyl adjacent to an activating group) is 1. The van der Waals surface area contributed by atoms with E-state index in [1.807, 2.05) is 36.2 Å². The summed E-state index contributed by atoms with van der Waals surface area (Å²) in [5, 5.41) is 3.01. The normalized spacial score (nSPS) is 17.7. The minimum absolute atomic E-state index is 0.0808. The highest BCUT2D eigenvalue weighted by atomic mass is 19.1. The van der Waals surface area contributed by atoms with Crippen molar-refractivity contribution in [3.63, 3.8) is 0 Å². The Bertz CT molecular complexity index is 1260. The molecule has 6 nitrogen and oxygen atoms in total. The van der Waals surface area contributed by atoms with Crippen LogP contribution in [0.2, 0.25) is 0 Å². The highest BCUT2D eigenvalue weighted by Crippen LogP contribution is 2.37. The van der Waals surface area contributed by atoms with E-state index in [0.29, 0.717) is 18.7 Å². The quantitative estimate of drug-likeness (QED) is 0.637. The number of aromatic amines is 1. The zero-order valence-electron chi connectivity index (χ0n) is 16.8. The first kappa shape index (κ1) is 19.4. The van der Waals surface area contributed by atoms with Crippen molar-refractivity contribution in [3.8, 4) is 0 Å². The number of benzene rings is 2. The van der Waals surface area contributed by atoms with Crippen LogP contribution in [-0.2, 0) is 9.59 Å². The lowest BCUT2D eigenvalue weighted by molar-refractivity contribution is -0.122. The average molecular weight is 422 g/mol. The third kappa shape index (κ3) is 3.19. The summed E-state index contributed by atoms with van der Waals surface area (Å²) in [4.78, 5) is 32.4. The van der Waals surface area contributed by atoms with Crippen molar-refractivity contribution in [2.75, 3.05) is 38.1 Å². The molecule has 0 bridgehead atoms. The molecule has 31 heavy (non-hydrogen) atoms. The Labute approximate surface area is 177 Å². The van der Waals surface area contributed by atoms with Gasteiger partial charge in [0.15, 0.2) is 0 Å². The van der Waals surface area contributed by atoms with Crippen LogP contribution in [0.1, 0.15) is 11.1 Å². The Morgan fingerprint density at radius 3 is 2.29 bits per heavy atom. The lowest BCUT2D eigenvalue weighted by Gasteiger charge is -2.34. The van der Waals surface area contributed by atoms with E-state index in [9.17, 15) is 18.4 Å². The number of nitrogens with zero attached hydrogens (tertiary/aromatic N) is 2. The maximum absolute atomic E-state index is 14.9. The molecule has 0 unspecified atom stereocenters. The second-order valence-electron chi connectivity index (χ2n) is 7.85. The number of carbonyl (C=O) groups is 2. The summed E-state index contributed by atoms with van der Waals surface area (Å²) in [6, 6.07) is 9.46. The van der Waals surface area contributed by atoms with Crippen LogP contribution >= 0.6 is 0 Å². The van der Waals surface area contributed by atoms with Gasteiger partial charge in [-0.15, -0.1) is 0 Å². The minimum Gasteiger partial charge on any atom is -0.367 e. The number of carbonyl (C=O) groups excluding carboxylic acids is 2. The third-order valence-corrected chi connectivity index (χ3v) is 5.94. The largest absolute Gasteiger partial charge is 0.367 e. The molecule has 0 aliphatic carbocycles. The molecule has 2 N–H and O–H groups in total. The van der Waals surface area contributed by atoms with Gasteiger partial charge in [0.25, 0.3) is 11.8 Å². The highest BCUT2D eigenvalue weighted by Gasteiger charge is 2.35. The molecule has 2 aromatic carbocycles. The maximum Gasteiger partial charge on any atom is 0.259 e. The molecule has 3 aromatic rings. The number of halogens is 2. The lowest BCUT2D eigenvalue weighted by Crippen LogP contribution is -2.44. The Morgan fingerprint density at radius 2 is 1.55 bits per heavy atom. The van der Waals surface area contributed by atoms with Crippen LogP contribution in [0.5, 0.6) is 0 Å². The number of piperazine rings is 1. The van der Waals surface area contributed by atoms with Gasteiger partial charge in [0.1, 0.15) is 11.6 Å². The summed E-state index contributed by atoms with van der Waals surface area (Å²) in [7, 11) is 1.98. The molecule has 0 radical (unpaired) electrons. The second kappa shape index (κ2) is 7.31. The van der Waals surface area contributed by atoms with Crippen molar-refractivity contribution in [1.29, 1.82) is 0 Å². The molecular weight excluding hydrogens is 402 g/mol. The first-order valence-electron chi connectivity index (χ1n) is 10.0. The third-order valence-electron chi connectivity index (χ3n) is 5.94. The zero-order chi connectivity index (χ0) is 21.7. The summed E-state index contributed by atoms with van der Waals surface area (Å²) < 4.78 is 29.6. The number of hydrogen-bond acceptors (Lipinski definition) is 4. The molecule has 1 aromatic heterocycles. The molecule has 1 saturated heterocycles. The van der Waals surface area contributed by atoms with Gasteiger partial charge >= 0.3 is 0 Å². The molecule has 5 rings (SSSR count). The van der Waals surface area contributed by atoms with Gasteiger partial charge in [-0.2, -0.15) is 0 Å². The molecule has 1 fully saturated rings. The van der Waals surface area contributed by atoms with Crippen molar-refractivity contribution >= 4 is 39.6 Å². The smallest absolute Gasteiger partial charge is 0.259 e. The van der Waals surface area contributed by atoms with Crippen molar-refractivity contribution in [2.24, 2.45) is 0 Å². The van der Waals surface area contributed by atoms with Crippen LogP contribution in [0, 0.1) is 11.6 Å². The predicted molar refractivity (Wildman–Crippen MR) is 114 cm³/mol. The van der Waals surface area contributed by atoms with Crippen LogP contribution in [0.15, 0.2) is 42.6 Å². The summed E-state index contributed by atoms with van der Waals surface area (Å²) in [5.41, 5.74) is 1.43. The van der Waals surface area contributed by atoms with E-state index in [1.54, 1.807) is 6.20 Å². The highest BCUT2D eigenvalue weighted by molar-refractivity contribution is 6.50. The Morgan fingerprint density at radius 1 is 0.871 bits per heavy atom.